The Hall–Kier alpha value is -2.01. The van der Waals surface area contributed by atoms with Gasteiger partial charge in [0, 0.05) is 13.5 Å². The number of methoxy groups -OCH3 is 2. The lowest BCUT2D eigenvalue weighted by molar-refractivity contribution is -0.122. The van der Waals surface area contributed by atoms with Gasteiger partial charge in [0.25, 0.3) is 0 Å². The van der Waals surface area contributed by atoms with Crippen molar-refractivity contribution in [2.45, 2.75) is 32.2 Å². The topological polar surface area (TPSA) is 56.8 Å². The fraction of sp³-hybridized carbons (Fsp3) is 0.526. The first-order valence-electron chi connectivity index (χ1n) is 8.39. The van der Waals surface area contributed by atoms with Crippen LogP contribution in [0.25, 0.3) is 0 Å². The molecule has 2 atom stereocenters. The summed E-state index contributed by atoms with van der Waals surface area (Å²) in [5.74, 6) is 1.79. The van der Waals surface area contributed by atoms with Gasteiger partial charge in [-0.2, -0.15) is 0 Å². The van der Waals surface area contributed by atoms with Crippen LogP contribution in [0.3, 0.4) is 0 Å². The first kappa shape index (κ1) is 18.3. The molecule has 132 valence electrons. The van der Waals surface area contributed by atoms with E-state index in [-0.39, 0.29) is 11.9 Å². The number of ether oxygens (including phenoxy) is 3. The Morgan fingerprint density at radius 3 is 2.79 bits per heavy atom. The number of carbonyl (C=O) groups excluding carboxylic acids is 1. The predicted octanol–water partition coefficient (Wildman–Crippen LogP) is 3.25. The maximum absolute atomic E-state index is 12.2. The van der Waals surface area contributed by atoms with E-state index in [1.807, 2.05) is 25.1 Å². The molecule has 1 aliphatic rings. The Balaban J connectivity index is 1.94. The van der Waals surface area contributed by atoms with E-state index < -0.39 is 0 Å². The van der Waals surface area contributed by atoms with Crippen LogP contribution in [0.15, 0.2) is 30.4 Å². The zero-order valence-electron chi connectivity index (χ0n) is 14.7. The van der Waals surface area contributed by atoms with Gasteiger partial charge in [0.2, 0.25) is 5.91 Å². The second-order valence-electron chi connectivity index (χ2n) is 6.01. The number of allylic oxidation sites excluding steroid dienone is 2. The maximum Gasteiger partial charge on any atom is 0.221 e. The summed E-state index contributed by atoms with van der Waals surface area (Å²) in [5, 5.41) is 3.06. The quantitative estimate of drug-likeness (QED) is 0.557. The van der Waals surface area contributed by atoms with E-state index in [4.69, 9.17) is 14.2 Å². The highest BCUT2D eigenvalue weighted by Crippen LogP contribution is 2.30. The molecule has 0 bridgehead atoms. The molecule has 0 radical (unpaired) electrons. The van der Waals surface area contributed by atoms with Gasteiger partial charge in [-0.15, -0.1) is 0 Å². The van der Waals surface area contributed by atoms with E-state index in [2.05, 4.69) is 17.5 Å². The average molecular weight is 333 g/mol. The number of nitrogens with one attached hydrogen (secondary N) is 1. The molecular weight excluding hydrogens is 306 g/mol. The minimum atomic E-state index is -0.0789. The summed E-state index contributed by atoms with van der Waals surface area (Å²) >= 11 is 0. The zero-order chi connectivity index (χ0) is 17.4. The van der Waals surface area contributed by atoms with E-state index in [1.54, 1.807) is 14.2 Å². The smallest absolute Gasteiger partial charge is 0.221 e. The average Bonchev–Trinajstić information content (AvgIpc) is 3.07. The van der Waals surface area contributed by atoms with Crippen LogP contribution in [0.1, 0.15) is 37.8 Å². The third-order valence-electron chi connectivity index (χ3n) is 4.17. The Morgan fingerprint density at radius 2 is 2.12 bits per heavy atom. The first-order valence-corrected chi connectivity index (χ1v) is 8.39. The number of carbonyl (C=O) groups is 1. The van der Waals surface area contributed by atoms with Crippen molar-refractivity contribution in [1.29, 1.82) is 0 Å². The lowest BCUT2D eigenvalue weighted by Gasteiger charge is -2.18. The van der Waals surface area contributed by atoms with Crippen LogP contribution in [0, 0.1) is 5.92 Å². The molecule has 1 aromatic rings. The molecule has 1 aliphatic carbocycles. The maximum atomic E-state index is 12.2. The summed E-state index contributed by atoms with van der Waals surface area (Å²) in [5.41, 5.74) is 0.987. The Morgan fingerprint density at radius 1 is 1.29 bits per heavy atom. The Labute approximate surface area is 144 Å². The van der Waals surface area contributed by atoms with Crippen LogP contribution in [0.2, 0.25) is 0 Å². The van der Waals surface area contributed by atoms with Crippen molar-refractivity contribution in [3.8, 4) is 11.5 Å². The minimum Gasteiger partial charge on any atom is -0.493 e. The SMILES string of the molecule is COCCOc1ccc([C@@H](C)NC(=O)C[C@@H]2C=CCC2)cc1OC. The summed E-state index contributed by atoms with van der Waals surface area (Å²) in [6, 6.07) is 5.64. The van der Waals surface area contributed by atoms with Crippen molar-refractivity contribution in [3.05, 3.63) is 35.9 Å². The molecular formula is C19H27NO4. The van der Waals surface area contributed by atoms with Gasteiger partial charge >= 0.3 is 0 Å². The van der Waals surface area contributed by atoms with Crippen LogP contribution in [-0.2, 0) is 9.53 Å². The summed E-state index contributed by atoms with van der Waals surface area (Å²) in [7, 11) is 3.24. The molecule has 0 unspecified atom stereocenters. The summed E-state index contributed by atoms with van der Waals surface area (Å²) in [6.45, 7) is 2.96. The first-order chi connectivity index (χ1) is 11.6. The lowest BCUT2D eigenvalue weighted by Crippen LogP contribution is -2.27. The van der Waals surface area contributed by atoms with E-state index >= 15 is 0 Å². The van der Waals surface area contributed by atoms with Gasteiger partial charge in [-0.05, 0) is 43.4 Å². The third-order valence-corrected chi connectivity index (χ3v) is 4.17. The molecule has 5 nitrogen and oxygen atoms in total. The van der Waals surface area contributed by atoms with Crippen molar-refractivity contribution in [2.24, 2.45) is 5.92 Å². The van der Waals surface area contributed by atoms with Crippen molar-refractivity contribution in [3.63, 3.8) is 0 Å². The summed E-state index contributed by atoms with van der Waals surface area (Å²) in [4.78, 5) is 12.2. The van der Waals surface area contributed by atoms with E-state index in [1.165, 1.54) is 0 Å². The fourth-order valence-corrected chi connectivity index (χ4v) is 2.79. The fourth-order valence-electron chi connectivity index (χ4n) is 2.79. The van der Waals surface area contributed by atoms with Crippen LogP contribution >= 0.6 is 0 Å². The molecule has 5 heteroatoms. The second kappa shape index (κ2) is 9.33. The number of benzene rings is 1. The van der Waals surface area contributed by atoms with Crippen LogP contribution < -0.4 is 14.8 Å². The Kier molecular flexibility index (Phi) is 7.12. The number of hydrogen-bond acceptors (Lipinski definition) is 4. The van der Waals surface area contributed by atoms with Gasteiger partial charge in [-0.1, -0.05) is 18.2 Å². The van der Waals surface area contributed by atoms with Gasteiger partial charge < -0.3 is 19.5 Å². The molecule has 1 N–H and O–H groups in total. The van der Waals surface area contributed by atoms with E-state index in [9.17, 15) is 4.79 Å². The molecule has 1 aromatic carbocycles. The summed E-state index contributed by atoms with van der Waals surface area (Å²) < 4.78 is 16.0. The van der Waals surface area contributed by atoms with Crippen molar-refractivity contribution < 1.29 is 19.0 Å². The van der Waals surface area contributed by atoms with Gasteiger partial charge in [0.05, 0.1) is 19.8 Å². The minimum absolute atomic E-state index is 0.0789. The molecule has 0 saturated carbocycles. The molecule has 0 fully saturated rings. The molecule has 2 rings (SSSR count). The van der Waals surface area contributed by atoms with Crippen molar-refractivity contribution in [2.75, 3.05) is 27.4 Å². The summed E-state index contributed by atoms with van der Waals surface area (Å²) in [6.07, 6.45) is 6.99. The van der Waals surface area contributed by atoms with Crippen LogP contribution in [0.5, 0.6) is 11.5 Å². The van der Waals surface area contributed by atoms with Gasteiger partial charge in [0.1, 0.15) is 6.61 Å². The monoisotopic (exact) mass is 333 g/mol. The zero-order valence-corrected chi connectivity index (χ0v) is 14.7. The van der Waals surface area contributed by atoms with E-state index in [0.717, 1.165) is 18.4 Å². The largest absolute Gasteiger partial charge is 0.493 e. The number of amides is 1. The van der Waals surface area contributed by atoms with Crippen molar-refractivity contribution in [1.82, 2.24) is 5.32 Å². The third kappa shape index (κ3) is 5.27. The lowest BCUT2D eigenvalue weighted by atomic mass is 10.0. The second-order valence-corrected chi connectivity index (χ2v) is 6.01. The molecule has 0 aromatic heterocycles. The highest BCUT2D eigenvalue weighted by molar-refractivity contribution is 5.77. The van der Waals surface area contributed by atoms with Crippen molar-refractivity contribution >= 4 is 5.91 Å². The van der Waals surface area contributed by atoms with Crippen LogP contribution in [0.4, 0.5) is 0 Å². The molecule has 0 aliphatic heterocycles. The highest BCUT2D eigenvalue weighted by Gasteiger charge is 2.17. The Bertz CT molecular complexity index is 570. The highest BCUT2D eigenvalue weighted by atomic mass is 16.5. The van der Waals surface area contributed by atoms with Crippen LogP contribution in [-0.4, -0.2) is 33.3 Å². The van der Waals surface area contributed by atoms with E-state index in [0.29, 0.717) is 37.1 Å². The normalized spacial score (nSPS) is 17.5. The van der Waals surface area contributed by atoms with Gasteiger partial charge in [0.15, 0.2) is 11.5 Å². The molecule has 24 heavy (non-hydrogen) atoms. The standard InChI is InChI=1S/C19H27NO4/c1-14(20-19(21)12-15-6-4-5-7-15)16-8-9-17(18(13-16)23-3)24-11-10-22-2/h4,6,8-9,13-15H,5,7,10-12H2,1-3H3,(H,20,21)/t14-,15-/m1/s1. The molecule has 0 saturated heterocycles. The van der Waals surface area contributed by atoms with Gasteiger partial charge in [-0.3, -0.25) is 4.79 Å². The molecule has 1 amide bonds. The number of hydrogen-bond donors (Lipinski definition) is 1. The number of rotatable bonds is 9. The predicted molar refractivity (Wildman–Crippen MR) is 93.4 cm³/mol. The molecule has 0 heterocycles. The van der Waals surface area contributed by atoms with Gasteiger partial charge in [-0.25, -0.2) is 0 Å². The molecule has 0 spiro atoms.